The van der Waals surface area contributed by atoms with Gasteiger partial charge in [-0.25, -0.2) is 14.8 Å². The summed E-state index contributed by atoms with van der Waals surface area (Å²) in [6.45, 7) is 0. The Morgan fingerprint density at radius 3 is 2.48 bits per heavy atom. The number of aromatic nitrogens is 2. The fourth-order valence-electron chi connectivity index (χ4n) is 2.88. The van der Waals surface area contributed by atoms with Crippen molar-refractivity contribution in [2.75, 3.05) is 12.4 Å². The van der Waals surface area contributed by atoms with Crippen molar-refractivity contribution in [1.82, 2.24) is 9.97 Å². The molecule has 7 heteroatoms. The van der Waals surface area contributed by atoms with Crippen LogP contribution in [0.5, 0.6) is 0 Å². The molecule has 0 aliphatic carbocycles. The molecule has 29 heavy (non-hydrogen) atoms. The van der Waals surface area contributed by atoms with Gasteiger partial charge >= 0.3 is 5.97 Å². The minimum Gasteiger partial charge on any atom is -1.00 e. The molecule has 0 spiro atoms. The number of nitrogens with one attached hydrogen (secondary N) is 1. The van der Waals surface area contributed by atoms with Crippen molar-refractivity contribution >= 4 is 40.0 Å². The highest BCUT2D eigenvalue weighted by Gasteiger charge is 2.11. The molecule has 3 aromatic carbocycles. The van der Waals surface area contributed by atoms with Crippen molar-refractivity contribution in [2.24, 2.45) is 0 Å². The molecule has 0 saturated carbocycles. The number of methoxy groups -OCH3 is 1. The van der Waals surface area contributed by atoms with Crippen LogP contribution in [0, 0.1) is 0 Å². The highest BCUT2D eigenvalue weighted by atomic mass is 35.5. The maximum Gasteiger partial charge on any atom is 0.337 e. The van der Waals surface area contributed by atoms with Gasteiger partial charge in [-0.05, 0) is 54.6 Å². The number of hydrogen-bond acceptors (Lipinski definition) is 5. The molecule has 1 N–H and O–H groups in total. The summed E-state index contributed by atoms with van der Waals surface area (Å²) in [7, 11) is 1.36. The lowest BCUT2D eigenvalue weighted by Crippen LogP contribution is -3.00. The van der Waals surface area contributed by atoms with E-state index in [1.807, 2.05) is 54.6 Å². The molecule has 0 amide bonds. The van der Waals surface area contributed by atoms with Crippen molar-refractivity contribution in [1.29, 1.82) is 0 Å². The lowest BCUT2D eigenvalue weighted by atomic mass is 10.1. The third kappa shape index (κ3) is 4.47. The number of ether oxygens (including phenoxy) is 1. The zero-order valence-electron chi connectivity index (χ0n) is 15.4. The second-order valence-corrected chi connectivity index (χ2v) is 6.55. The fourth-order valence-corrected chi connectivity index (χ4v) is 3.00. The van der Waals surface area contributed by atoms with Crippen LogP contribution in [-0.2, 0) is 4.74 Å². The smallest absolute Gasteiger partial charge is 0.337 e. The molecular formula is C22H16Cl2N3O2-. The molecule has 146 valence electrons. The molecule has 0 saturated heterocycles. The number of carbonyl (C=O) groups excluding carboxylic acids is 1. The van der Waals surface area contributed by atoms with Crippen molar-refractivity contribution in [2.45, 2.75) is 0 Å². The van der Waals surface area contributed by atoms with E-state index < -0.39 is 5.97 Å². The van der Waals surface area contributed by atoms with Gasteiger partial charge in [0.2, 0.25) is 0 Å². The molecule has 0 fully saturated rings. The first-order valence-electron chi connectivity index (χ1n) is 8.62. The van der Waals surface area contributed by atoms with Crippen molar-refractivity contribution in [3.63, 3.8) is 0 Å². The Labute approximate surface area is 179 Å². The Hall–Kier alpha value is -3.15. The Morgan fingerprint density at radius 2 is 1.72 bits per heavy atom. The number of rotatable bonds is 4. The minimum atomic E-state index is -0.391. The van der Waals surface area contributed by atoms with Crippen molar-refractivity contribution < 1.29 is 21.9 Å². The predicted molar refractivity (Wildman–Crippen MR) is 111 cm³/mol. The second kappa shape index (κ2) is 8.90. The van der Waals surface area contributed by atoms with Crippen molar-refractivity contribution in [3.05, 3.63) is 83.4 Å². The summed E-state index contributed by atoms with van der Waals surface area (Å²) in [5.41, 5.74) is 2.87. The molecule has 0 unspecified atom stereocenters. The van der Waals surface area contributed by atoms with Gasteiger partial charge in [0.1, 0.15) is 5.82 Å². The van der Waals surface area contributed by atoms with Gasteiger partial charge in [0.15, 0.2) is 5.82 Å². The Kier molecular flexibility index (Phi) is 6.32. The van der Waals surface area contributed by atoms with Crippen molar-refractivity contribution in [3.8, 4) is 11.4 Å². The molecule has 0 aliphatic heterocycles. The quantitative estimate of drug-likeness (QED) is 0.509. The van der Waals surface area contributed by atoms with E-state index in [4.69, 9.17) is 21.3 Å². The lowest BCUT2D eigenvalue weighted by Gasteiger charge is -2.12. The van der Waals surface area contributed by atoms with Gasteiger partial charge in [-0.2, -0.15) is 0 Å². The Balaban J connectivity index is 0.00000240. The molecule has 0 atom stereocenters. The van der Waals surface area contributed by atoms with Gasteiger partial charge in [0, 0.05) is 21.7 Å². The van der Waals surface area contributed by atoms with Crippen LogP contribution < -0.4 is 17.7 Å². The van der Waals surface area contributed by atoms with E-state index in [9.17, 15) is 4.79 Å². The fraction of sp³-hybridized carbons (Fsp3) is 0.0455. The topological polar surface area (TPSA) is 64.1 Å². The summed E-state index contributed by atoms with van der Waals surface area (Å²) in [6, 6.07) is 22.2. The van der Waals surface area contributed by atoms with Gasteiger partial charge < -0.3 is 22.5 Å². The molecule has 4 rings (SSSR count). The highest BCUT2D eigenvalue weighted by Crippen LogP contribution is 2.28. The number of anilines is 2. The molecule has 0 radical (unpaired) electrons. The third-order valence-electron chi connectivity index (χ3n) is 4.25. The predicted octanol–water partition coefficient (Wildman–Crippen LogP) is 2.48. The number of halogens is 2. The van der Waals surface area contributed by atoms with E-state index in [0.29, 0.717) is 22.2 Å². The van der Waals surface area contributed by atoms with Crippen LogP contribution in [-0.4, -0.2) is 23.0 Å². The van der Waals surface area contributed by atoms with E-state index in [1.54, 1.807) is 18.2 Å². The summed E-state index contributed by atoms with van der Waals surface area (Å²) in [4.78, 5) is 21.2. The number of para-hydroxylation sites is 1. The average Bonchev–Trinajstić information content (AvgIpc) is 2.74. The number of esters is 1. The van der Waals surface area contributed by atoms with Gasteiger partial charge in [-0.1, -0.05) is 29.8 Å². The third-order valence-corrected chi connectivity index (χ3v) is 4.50. The zero-order valence-corrected chi connectivity index (χ0v) is 16.9. The number of nitrogens with zero attached hydrogens (tertiary/aromatic N) is 2. The molecule has 0 aliphatic rings. The molecule has 1 heterocycles. The van der Waals surface area contributed by atoms with E-state index in [2.05, 4.69) is 10.3 Å². The van der Waals surface area contributed by atoms with Gasteiger partial charge in [0.05, 0.1) is 18.2 Å². The average molecular weight is 425 g/mol. The molecule has 5 nitrogen and oxygen atoms in total. The summed E-state index contributed by atoms with van der Waals surface area (Å²) in [5.74, 6) is 0.845. The van der Waals surface area contributed by atoms with E-state index >= 15 is 0 Å². The summed E-state index contributed by atoms with van der Waals surface area (Å²) >= 11 is 5.99. The maximum atomic E-state index is 11.8. The van der Waals surface area contributed by atoms with Crippen LogP contribution in [0.4, 0.5) is 11.5 Å². The van der Waals surface area contributed by atoms with Crippen LogP contribution >= 0.6 is 11.6 Å². The first-order chi connectivity index (χ1) is 13.6. The standard InChI is InChI=1S/C22H16ClN3O2.ClH/c1-28-22(27)15-5-4-6-17(13-15)24-21-18-7-2-3-8-19(18)25-20(26-21)14-9-11-16(23)12-10-14;/h2-13H,1H3,(H,24,25,26);1H/p-1. The van der Waals surface area contributed by atoms with Gasteiger partial charge in [-0.3, -0.25) is 0 Å². The number of benzene rings is 3. The maximum absolute atomic E-state index is 11.8. The van der Waals surface area contributed by atoms with E-state index in [0.717, 1.165) is 22.2 Å². The monoisotopic (exact) mass is 424 g/mol. The van der Waals surface area contributed by atoms with Crippen LogP contribution in [0.3, 0.4) is 0 Å². The van der Waals surface area contributed by atoms with E-state index in [-0.39, 0.29) is 12.4 Å². The minimum absolute atomic E-state index is 0. The van der Waals surface area contributed by atoms with Crippen LogP contribution in [0.1, 0.15) is 10.4 Å². The molecule has 4 aromatic rings. The Bertz CT molecular complexity index is 1160. The van der Waals surface area contributed by atoms with Gasteiger partial charge in [0.25, 0.3) is 0 Å². The van der Waals surface area contributed by atoms with E-state index in [1.165, 1.54) is 7.11 Å². The molecule has 1 aromatic heterocycles. The summed E-state index contributed by atoms with van der Waals surface area (Å²) < 4.78 is 4.80. The lowest BCUT2D eigenvalue weighted by molar-refractivity contribution is -0.0000200. The Morgan fingerprint density at radius 1 is 0.966 bits per heavy atom. The summed E-state index contributed by atoms with van der Waals surface area (Å²) in [6.07, 6.45) is 0. The largest absolute Gasteiger partial charge is 1.00 e. The number of carbonyl (C=O) groups is 1. The zero-order chi connectivity index (χ0) is 19.5. The van der Waals surface area contributed by atoms with Crippen LogP contribution in [0.15, 0.2) is 72.8 Å². The second-order valence-electron chi connectivity index (χ2n) is 6.12. The van der Waals surface area contributed by atoms with Crippen LogP contribution in [0.25, 0.3) is 22.3 Å². The SMILES string of the molecule is COC(=O)c1cccc(Nc2nc(-c3ccc(Cl)cc3)nc3ccccc23)c1.[Cl-]. The number of fused-ring (bicyclic) bond motifs is 1. The molecule has 0 bridgehead atoms. The first kappa shape index (κ1) is 20.6. The number of hydrogen-bond donors (Lipinski definition) is 1. The summed E-state index contributed by atoms with van der Waals surface area (Å²) in [5, 5.41) is 4.84. The normalized spacial score (nSPS) is 10.3. The van der Waals surface area contributed by atoms with Gasteiger partial charge in [-0.15, -0.1) is 0 Å². The van der Waals surface area contributed by atoms with Crippen LogP contribution in [0.2, 0.25) is 5.02 Å². The molecular weight excluding hydrogens is 409 g/mol. The highest BCUT2D eigenvalue weighted by molar-refractivity contribution is 6.30. The first-order valence-corrected chi connectivity index (χ1v) is 9.00.